The highest BCUT2D eigenvalue weighted by molar-refractivity contribution is 5.94. The van der Waals surface area contributed by atoms with Crippen LogP contribution in [0.4, 0.5) is 0 Å². The van der Waals surface area contributed by atoms with E-state index in [0.717, 1.165) is 16.9 Å². The first kappa shape index (κ1) is 16.9. The van der Waals surface area contributed by atoms with E-state index in [-0.39, 0.29) is 11.9 Å². The third-order valence-electron chi connectivity index (χ3n) is 3.35. The Bertz CT molecular complexity index is 680. The molecule has 1 amide bonds. The number of benzene rings is 2. The summed E-state index contributed by atoms with van der Waals surface area (Å²) in [7, 11) is 1.61. The molecule has 2 aromatic carbocycles. The minimum atomic E-state index is -0.0977. The first-order valence-corrected chi connectivity index (χ1v) is 7.67. The minimum absolute atomic E-state index is 0.0941. The molecular weight excluding hydrogens is 290 g/mol. The summed E-state index contributed by atoms with van der Waals surface area (Å²) >= 11 is 0. The van der Waals surface area contributed by atoms with E-state index < -0.39 is 0 Å². The van der Waals surface area contributed by atoms with Crippen molar-refractivity contribution in [3.05, 3.63) is 59.2 Å². The number of hydrogen-bond acceptors (Lipinski definition) is 3. The Morgan fingerprint density at radius 1 is 1.17 bits per heavy atom. The summed E-state index contributed by atoms with van der Waals surface area (Å²) in [5, 5.41) is 2.88. The molecule has 4 nitrogen and oxygen atoms in total. The molecule has 2 aromatic rings. The maximum Gasteiger partial charge on any atom is 0.251 e. The fourth-order valence-corrected chi connectivity index (χ4v) is 2.24. The lowest BCUT2D eigenvalue weighted by molar-refractivity contribution is 0.0943. The summed E-state index contributed by atoms with van der Waals surface area (Å²) in [6.45, 7) is 6.23. The molecule has 0 atom stereocenters. The first-order chi connectivity index (χ1) is 11.0. The molecule has 4 heteroatoms. The van der Waals surface area contributed by atoms with E-state index >= 15 is 0 Å². The van der Waals surface area contributed by atoms with Crippen molar-refractivity contribution in [1.29, 1.82) is 0 Å². The van der Waals surface area contributed by atoms with E-state index in [9.17, 15) is 4.79 Å². The normalized spacial score (nSPS) is 10.5. The van der Waals surface area contributed by atoms with E-state index in [1.165, 1.54) is 0 Å². The highest BCUT2D eigenvalue weighted by Crippen LogP contribution is 2.22. The highest BCUT2D eigenvalue weighted by atomic mass is 16.5. The molecule has 0 aromatic heterocycles. The standard InChI is InChI=1S/C19H23NO3/c1-13(2)20-19(21)15-8-9-18(22-4)16(11-15)12-23-17-7-5-6-14(3)10-17/h5-11,13H,12H2,1-4H3,(H,20,21). The van der Waals surface area contributed by atoms with Crippen LogP contribution < -0.4 is 14.8 Å². The Kier molecular flexibility index (Phi) is 5.63. The largest absolute Gasteiger partial charge is 0.496 e. The molecule has 0 unspecified atom stereocenters. The van der Waals surface area contributed by atoms with Crippen LogP contribution in [0.2, 0.25) is 0 Å². The lowest BCUT2D eigenvalue weighted by atomic mass is 10.1. The van der Waals surface area contributed by atoms with E-state index in [2.05, 4.69) is 5.32 Å². The second kappa shape index (κ2) is 7.68. The van der Waals surface area contributed by atoms with Gasteiger partial charge < -0.3 is 14.8 Å². The van der Waals surface area contributed by atoms with E-state index in [0.29, 0.717) is 17.9 Å². The lowest BCUT2D eigenvalue weighted by Crippen LogP contribution is -2.30. The van der Waals surface area contributed by atoms with Crippen LogP contribution in [0.3, 0.4) is 0 Å². The monoisotopic (exact) mass is 313 g/mol. The molecule has 0 heterocycles. The zero-order chi connectivity index (χ0) is 16.8. The number of rotatable bonds is 6. The van der Waals surface area contributed by atoms with Gasteiger partial charge in [-0.05, 0) is 56.7 Å². The van der Waals surface area contributed by atoms with Gasteiger partial charge in [-0.3, -0.25) is 4.79 Å². The molecule has 1 N–H and O–H groups in total. The number of carbonyl (C=O) groups excluding carboxylic acids is 1. The third-order valence-corrected chi connectivity index (χ3v) is 3.35. The van der Waals surface area contributed by atoms with Gasteiger partial charge in [0.05, 0.1) is 7.11 Å². The molecule has 0 saturated heterocycles. The van der Waals surface area contributed by atoms with Gasteiger partial charge in [-0.15, -0.1) is 0 Å². The van der Waals surface area contributed by atoms with E-state index in [4.69, 9.17) is 9.47 Å². The van der Waals surface area contributed by atoms with Crippen LogP contribution in [-0.2, 0) is 6.61 Å². The third kappa shape index (κ3) is 4.74. The molecule has 0 spiro atoms. The Balaban J connectivity index is 2.17. The molecule has 0 aliphatic carbocycles. The number of nitrogens with one attached hydrogen (secondary N) is 1. The van der Waals surface area contributed by atoms with Gasteiger partial charge in [-0.1, -0.05) is 12.1 Å². The van der Waals surface area contributed by atoms with Gasteiger partial charge >= 0.3 is 0 Å². The van der Waals surface area contributed by atoms with Crippen LogP contribution in [0.1, 0.15) is 35.3 Å². The molecule has 0 bridgehead atoms. The summed E-state index contributed by atoms with van der Waals surface area (Å²) in [6.07, 6.45) is 0. The van der Waals surface area contributed by atoms with Crippen LogP contribution >= 0.6 is 0 Å². The number of ether oxygens (including phenoxy) is 2. The van der Waals surface area contributed by atoms with Crippen LogP contribution in [0.25, 0.3) is 0 Å². The van der Waals surface area contributed by atoms with Crippen molar-refractivity contribution in [3.8, 4) is 11.5 Å². The maximum absolute atomic E-state index is 12.1. The van der Waals surface area contributed by atoms with Gasteiger partial charge in [-0.2, -0.15) is 0 Å². The molecular formula is C19H23NO3. The average molecular weight is 313 g/mol. The van der Waals surface area contributed by atoms with Gasteiger partial charge in [0.15, 0.2) is 0 Å². The first-order valence-electron chi connectivity index (χ1n) is 7.67. The Morgan fingerprint density at radius 2 is 1.96 bits per heavy atom. The average Bonchev–Trinajstić information content (AvgIpc) is 2.52. The zero-order valence-corrected chi connectivity index (χ0v) is 14.1. The van der Waals surface area contributed by atoms with Crippen LogP contribution in [0, 0.1) is 6.92 Å². The van der Waals surface area contributed by atoms with E-state index in [1.807, 2.05) is 51.1 Å². The molecule has 0 radical (unpaired) electrons. The summed E-state index contributed by atoms with van der Waals surface area (Å²) < 4.78 is 11.2. The summed E-state index contributed by atoms with van der Waals surface area (Å²) in [5.41, 5.74) is 2.58. The van der Waals surface area contributed by atoms with Crippen molar-refractivity contribution < 1.29 is 14.3 Å². The molecule has 0 aliphatic rings. The van der Waals surface area contributed by atoms with Crippen molar-refractivity contribution in [2.75, 3.05) is 7.11 Å². The molecule has 0 saturated carbocycles. The molecule has 23 heavy (non-hydrogen) atoms. The topological polar surface area (TPSA) is 47.6 Å². The fourth-order valence-electron chi connectivity index (χ4n) is 2.24. The summed E-state index contributed by atoms with van der Waals surface area (Å²) in [4.78, 5) is 12.1. The SMILES string of the molecule is COc1ccc(C(=O)NC(C)C)cc1COc1cccc(C)c1. The van der Waals surface area contributed by atoms with Gasteiger partial charge in [0.2, 0.25) is 0 Å². The van der Waals surface area contributed by atoms with Crippen molar-refractivity contribution in [3.63, 3.8) is 0 Å². The second-order valence-corrected chi connectivity index (χ2v) is 5.76. The maximum atomic E-state index is 12.1. The van der Waals surface area contributed by atoms with Crippen molar-refractivity contribution >= 4 is 5.91 Å². The number of aryl methyl sites for hydroxylation is 1. The summed E-state index contributed by atoms with van der Waals surface area (Å²) in [5.74, 6) is 1.40. The summed E-state index contributed by atoms with van der Waals surface area (Å²) in [6, 6.07) is 13.3. The highest BCUT2D eigenvalue weighted by Gasteiger charge is 2.11. The smallest absolute Gasteiger partial charge is 0.251 e. The van der Waals surface area contributed by atoms with Gasteiger partial charge in [0.25, 0.3) is 5.91 Å². The van der Waals surface area contributed by atoms with Crippen molar-refractivity contribution in [2.45, 2.75) is 33.4 Å². The van der Waals surface area contributed by atoms with Crippen molar-refractivity contribution in [1.82, 2.24) is 5.32 Å². The molecule has 0 fully saturated rings. The number of amides is 1. The van der Waals surface area contributed by atoms with Gasteiger partial charge in [0.1, 0.15) is 18.1 Å². The predicted molar refractivity (Wildman–Crippen MR) is 91.1 cm³/mol. The Hall–Kier alpha value is -2.49. The second-order valence-electron chi connectivity index (χ2n) is 5.76. The molecule has 2 rings (SSSR count). The molecule has 122 valence electrons. The van der Waals surface area contributed by atoms with Crippen LogP contribution in [-0.4, -0.2) is 19.1 Å². The minimum Gasteiger partial charge on any atom is -0.496 e. The lowest BCUT2D eigenvalue weighted by Gasteiger charge is -2.13. The number of methoxy groups -OCH3 is 1. The Labute approximate surface area is 137 Å². The Morgan fingerprint density at radius 3 is 2.61 bits per heavy atom. The fraction of sp³-hybridized carbons (Fsp3) is 0.316. The zero-order valence-electron chi connectivity index (χ0n) is 14.1. The quantitative estimate of drug-likeness (QED) is 0.884. The predicted octanol–water partition coefficient (Wildman–Crippen LogP) is 3.72. The molecule has 0 aliphatic heterocycles. The van der Waals surface area contributed by atoms with Crippen LogP contribution in [0.15, 0.2) is 42.5 Å². The van der Waals surface area contributed by atoms with Gasteiger partial charge in [-0.25, -0.2) is 0 Å². The number of hydrogen-bond donors (Lipinski definition) is 1. The number of carbonyl (C=O) groups is 1. The van der Waals surface area contributed by atoms with Crippen molar-refractivity contribution in [2.24, 2.45) is 0 Å². The van der Waals surface area contributed by atoms with E-state index in [1.54, 1.807) is 19.2 Å². The van der Waals surface area contributed by atoms with Gasteiger partial charge in [0, 0.05) is 17.2 Å². The van der Waals surface area contributed by atoms with Crippen LogP contribution in [0.5, 0.6) is 11.5 Å².